The molecule has 1 heterocycles. The molecule has 0 fully saturated rings. The summed E-state index contributed by atoms with van der Waals surface area (Å²) in [5, 5.41) is 9.05. The number of sulfonamides is 1. The van der Waals surface area contributed by atoms with Gasteiger partial charge in [0.1, 0.15) is 0 Å². The van der Waals surface area contributed by atoms with Crippen LogP contribution in [0.3, 0.4) is 0 Å². The molecule has 126 valence electrons. The monoisotopic (exact) mass is 345 g/mol. The van der Waals surface area contributed by atoms with Crippen molar-refractivity contribution < 1.29 is 18.3 Å². The number of carboxylic acids is 1. The molecule has 1 N–H and O–H groups in total. The topological polar surface area (TPSA) is 74.7 Å². The van der Waals surface area contributed by atoms with Gasteiger partial charge in [-0.15, -0.1) is 0 Å². The van der Waals surface area contributed by atoms with Crippen molar-refractivity contribution >= 4 is 16.0 Å². The second kappa shape index (κ2) is 6.37. The molecule has 0 saturated heterocycles. The van der Waals surface area contributed by atoms with E-state index in [-0.39, 0.29) is 12.1 Å². The zero-order valence-corrected chi connectivity index (χ0v) is 14.2. The quantitative estimate of drug-likeness (QED) is 0.924. The van der Waals surface area contributed by atoms with Gasteiger partial charge in [-0.25, -0.2) is 13.2 Å². The molecule has 0 unspecified atom stereocenters. The smallest absolute Gasteiger partial charge is 0.335 e. The van der Waals surface area contributed by atoms with E-state index in [1.165, 1.54) is 10.4 Å². The fourth-order valence-corrected chi connectivity index (χ4v) is 4.33. The van der Waals surface area contributed by atoms with Crippen molar-refractivity contribution in [3.8, 4) is 0 Å². The minimum absolute atomic E-state index is 0.236. The molecule has 0 aliphatic carbocycles. The van der Waals surface area contributed by atoms with Gasteiger partial charge in [0.25, 0.3) is 0 Å². The highest BCUT2D eigenvalue weighted by Crippen LogP contribution is 2.26. The van der Waals surface area contributed by atoms with Crippen LogP contribution in [0.15, 0.2) is 47.4 Å². The number of rotatable bonds is 4. The van der Waals surface area contributed by atoms with Gasteiger partial charge in [-0.1, -0.05) is 25.1 Å². The van der Waals surface area contributed by atoms with Crippen LogP contribution in [-0.2, 0) is 29.4 Å². The third-order valence-corrected chi connectivity index (χ3v) is 6.26. The van der Waals surface area contributed by atoms with E-state index in [2.05, 4.69) is 0 Å². The van der Waals surface area contributed by atoms with Crippen molar-refractivity contribution in [2.75, 3.05) is 6.54 Å². The third kappa shape index (κ3) is 3.07. The van der Waals surface area contributed by atoms with Gasteiger partial charge >= 0.3 is 5.97 Å². The van der Waals surface area contributed by atoms with E-state index < -0.39 is 16.0 Å². The van der Waals surface area contributed by atoms with Crippen LogP contribution in [0.25, 0.3) is 0 Å². The van der Waals surface area contributed by atoms with Crippen LogP contribution in [0.4, 0.5) is 0 Å². The van der Waals surface area contributed by atoms with Crippen molar-refractivity contribution in [2.24, 2.45) is 0 Å². The maximum absolute atomic E-state index is 12.8. The standard InChI is InChI=1S/C18H19NO4S/c1-2-13-3-7-17(8-4-13)24(22,23)19-10-9-14-11-15(18(20)21)5-6-16(14)12-19/h3-8,11H,2,9-10,12H2,1H3,(H,20,21). The predicted molar refractivity (Wildman–Crippen MR) is 90.5 cm³/mol. The van der Waals surface area contributed by atoms with E-state index >= 15 is 0 Å². The zero-order chi connectivity index (χ0) is 17.3. The van der Waals surface area contributed by atoms with Gasteiger partial charge in [0.15, 0.2) is 0 Å². The average Bonchev–Trinajstić information content (AvgIpc) is 2.60. The summed E-state index contributed by atoms with van der Waals surface area (Å²) >= 11 is 0. The molecule has 6 heteroatoms. The Balaban J connectivity index is 1.87. The van der Waals surface area contributed by atoms with Crippen molar-refractivity contribution in [1.29, 1.82) is 0 Å². The van der Waals surface area contributed by atoms with Crippen LogP contribution < -0.4 is 0 Å². The molecular weight excluding hydrogens is 326 g/mol. The Bertz CT molecular complexity index is 872. The lowest BCUT2D eigenvalue weighted by Crippen LogP contribution is -2.36. The summed E-state index contributed by atoms with van der Waals surface area (Å²) in [7, 11) is -3.54. The van der Waals surface area contributed by atoms with E-state index in [0.29, 0.717) is 17.9 Å². The summed E-state index contributed by atoms with van der Waals surface area (Å²) in [6.07, 6.45) is 1.38. The summed E-state index contributed by atoms with van der Waals surface area (Å²) in [4.78, 5) is 11.3. The van der Waals surface area contributed by atoms with Gasteiger partial charge < -0.3 is 5.11 Å². The first-order valence-corrected chi connectivity index (χ1v) is 9.30. The molecule has 0 bridgehead atoms. The largest absolute Gasteiger partial charge is 0.478 e. The van der Waals surface area contributed by atoms with Crippen LogP contribution in [0.5, 0.6) is 0 Å². The van der Waals surface area contributed by atoms with Gasteiger partial charge in [0.05, 0.1) is 10.5 Å². The minimum atomic E-state index is -3.54. The number of hydrogen-bond donors (Lipinski definition) is 1. The highest BCUT2D eigenvalue weighted by Gasteiger charge is 2.28. The molecular formula is C18H19NO4S. The Labute approximate surface area is 141 Å². The molecule has 0 spiro atoms. The molecule has 2 aromatic rings. The minimum Gasteiger partial charge on any atom is -0.478 e. The van der Waals surface area contributed by atoms with Crippen LogP contribution >= 0.6 is 0 Å². The number of nitrogens with zero attached hydrogens (tertiary/aromatic N) is 1. The van der Waals surface area contributed by atoms with Gasteiger partial charge in [-0.3, -0.25) is 0 Å². The summed E-state index contributed by atoms with van der Waals surface area (Å²) in [5.41, 5.74) is 3.10. The van der Waals surface area contributed by atoms with E-state index in [4.69, 9.17) is 5.11 Å². The van der Waals surface area contributed by atoms with Gasteiger partial charge in [0, 0.05) is 13.1 Å². The average molecular weight is 345 g/mol. The summed E-state index contributed by atoms with van der Waals surface area (Å²) in [5.74, 6) is -0.969. The number of aromatic carboxylic acids is 1. The van der Waals surface area contributed by atoms with Crippen LogP contribution in [0.1, 0.15) is 34.0 Å². The zero-order valence-electron chi connectivity index (χ0n) is 13.4. The molecule has 0 atom stereocenters. The first-order valence-electron chi connectivity index (χ1n) is 7.86. The highest BCUT2D eigenvalue weighted by atomic mass is 32.2. The van der Waals surface area contributed by atoms with Gasteiger partial charge in [0.2, 0.25) is 10.0 Å². The molecule has 2 aromatic carbocycles. The molecule has 24 heavy (non-hydrogen) atoms. The van der Waals surface area contributed by atoms with Crippen LogP contribution in [0.2, 0.25) is 0 Å². The molecule has 0 saturated carbocycles. The van der Waals surface area contributed by atoms with E-state index in [0.717, 1.165) is 23.1 Å². The molecule has 1 aliphatic rings. The number of aryl methyl sites for hydroxylation is 1. The number of carboxylic acid groups (broad SMARTS) is 1. The van der Waals surface area contributed by atoms with Crippen molar-refractivity contribution in [3.05, 3.63) is 64.7 Å². The van der Waals surface area contributed by atoms with Gasteiger partial charge in [-0.05, 0) is 53.8 Å². The van der Waals surface area contributed by atoms with Crippen LogP contribution in [0, 0.1) is 0 Å². The third-order valence-electron chi connectivity index (χ3n) is 4.40. The Hall–Kier alpha value is -2.18. The second-order valence-electron chi connectivity index (χ2n) is 5.87. The fourth-order valence-electron chi connectivity index (χ4n) is 2.91. The first-order chi connectivity index (χ1) is 11.4. The van der Waals surface area contributed by atoms with Crippen molar-refractivity contribution in [1.82, 2.24) is 4.31 Å². The lowest BCUT2D eigenvalue weighted by Gasteiger charge is -2.28. The predicted octanol–water partition coefficient (Wildman–Crippen LogP) is 2.69. The van der Waals surface area contributed by atoms with E-state index in [1.807, 2.05) is 19.1 Å². The summed E-state index contributed by atoms with van der Waals surface area (Å²) in [6.45, 7) is 2.65. The maximum Gasteiger partial charge on any atom is 0.335 e. The molecule has 0 aromatic heterocycles. The normalized spacial score (nSPS) is 15.0. The lowest BCUT2D eigenvalue weighted by molar-refractivity contribution is 0.0696. The summed E-state index contributed by atoms with van der Waals surface area (Å²) < 4.78 is 27.1. The Morgan fingerprint density at radius 2 is 1.83 bits per heavy atom. The number of hydrogen-bond acceptors (Lipinski definition) is 3. The van der Waals surface area contributed by atoms with Crippen molar-refractivity contribution in [3.63, 3.8) is 0 Å². The molecule has 1 aliphatic heterocycles. The molecule has 5 nitrogen and oxygen atoms in total. The van der Waals surface area contributed by atoms with E-state index in [1.54, 1.807) is 24.3 Å². The Morgan fingerprint density at radius 3 is 2.46 bits per heavy atom. The number of fused-ring (bicyclic) bond motifs is 1. The Morgan fingerprint density at radius 1 is 1.12 bits per heavy atom. The first kappa shape index (κ1) is 16.7. The second-order valence-corrected chi connectivity index (χ2v) is 7.81. The summed E-state index contributed by atoms with van der Waals surface area (Å²) in [6, 6.07) is 11.8. The fraction of sp³-hybridized carbons (Fsp3) is 0.278. The molecule has 3 rings (SSSR count). The lowest BCUT2D eigenvalue weighted by atomic mass is 9.98. The van der Waals surface area contributed by atoms with Gasteiger partial charge in [-0.2, -0.15) is 4.31 Å². The molecule has 0 amide bonds. The molecule has 0 radical (unpaired) electrons. The van der Waals surface area contributed by atoms with E-state index in [9.17, 15) is 13.2 Å². The maximum atomic E-state index is 12.8. The Kier molecular flexibility index (Phi) is 4.43. The number of benzene rings is 2. The number of carbonyl (C=O) groups is 1. The SMILES string of the molecule is CCc1ccc(S(=O)(=O)N2CCc3cc(C(=O)O)ccc3C2)cc1. The highest BCUT2D eigenvalue weighted by molar-refractivity contribution is 7.89. The van der Waals surface area contributed by atoms with Crippen LogP contribution in [-0.4, -0.2) is 30.3 Å². The van der Waals surface area contributed by atoms with Crippen molar-refractivity contribution in [2.45, 2.75) is 31.2 Å².